The normalized spacial score (nSPS) is 20.6. The first-order chi connectivity index (χ1) is 9.81. The molecular formula is C17H26N2O. The van der Waals surface area contributed by atoms with Crippen LogP contribution in [0.4, 0.5) is 0 Å². The van der Waals surface area contributed by atoms with E-state index in [2.05, 4.69) is 35.3 Å². The van der Waals surface area contributed by atoms with Crippen molar-refractivity contribution in [3.8, 4) is 5.75 Å². The first kappa shape index (κ1) is 13.9. The number of ether oxygens (including phenoxy) is 1. The van der Waals surface area contributed by atoms with Gasteiger partial charge in [-0.1, -0.05) is 24.1 Å². The SMILES string of the molecule is Cc1ccc(OCC2CCC2)c(CN2CCNCC2)c1. The van der Waals surface area contributed by atoms with E-state index in [1.54, 1.807) is 0 Å². The molecule has 3 heteroatoms. The molecule has 0 radical (unpaired) electrons. The van der Waals surface area contributed by atoms with Gasteiger partial charge in [0, 0.05) is 38.3 Å². The Morgan fingerprint density at radius 2 is 2.05 bits per heavy atom. The third-order valence-electron chi connectivity index (χ3n) is 4.52. The van der Waals surface area contributed by atoms with Crippen molar-refractivity contribution in [2.75, 3.05) is 32.8 Å². The molecule has 1 aromatic rings. The van der Waals surface area contributed by atoms with Crippen molar-refractivity contribution >= 4 is 0 Å². The largest absolute Gasteiger partial charge is 0.493 e. The van der Waals surface area contributed by atoms with Crippen LogP contribution in [0.2, 0.25) is 0 Å². The second-order valence-electron chi connectivity index (χ2n) is 6.25. The van der Waals surface area contributed by atoms with Crippen molar-refractivity contribution in [2.24, 2.45) is 5.92 Å². The summed E-state index contributed by atoms with van der Waals surface area (Å²) in [5.41, 5.74) is 2.68. The predicted molar refractivity (Wildman–Crippen MR) is 82.2 cm³/mol. The highest BCUT2D eigenvalue weighted by atomic mass is 16.5. The smallest absolute Gasteiger partial charge is 0.123 e. The fourth-order valence-corrected chi connectivity index (χ4v) is 2.95. The molecule has 1 saturated carbocycles. The summed E-state index contributed by atoms with van der Waals surface area (Å²) < 4.78 is 6.10. The van der Waals surface area contributed by atoms with Crippen LogP contribution in [0.1, 0.15) is 30.4 Å². The van der Waals surface area contributed by atoms with Gasteiger partial charge < -0.3 is 10.1 Å². The van der Waals surface area contributed by atoms with E-state index in [-0.39, 0.29) is 0 Å². The molecule has 3 nitrogen and oxygen atoms in total. The van der Waals surface area contributed by atoms with Gasteiger partial charge in [0.2, 0.25) is 0 Å². The van der Waals surface area contributed by atoms with Crippen LogP contribution in [0.15, 0.2) is 18.2 Å². The molecule has 1 heterocycles. The molecule has 110 valence electrons. The first-order valence-corrected chi connectivity index (χ1v) is 7.96. The third-order valence-corrected chi connectivity index (χ3v) is 4.52. The number of benzene rings is 1. The quantitative estimate of drug-likeness (QED) is 0.893. The highest BCUT2D eigenvalue weighted by Crippen LogP contribution is 2.29. The standard InChI is InChI=1S/C17H26N2O/c1-14-5-6-17(20-13-15-3-2-4-15)16(11-14)12-19-9-7-18-8-10-19/h5-6,11,15,18H,2-4,7-10,12-13H2,1H3. The van der Waals surface area contributed by atoms with Crippen LogP contribution >= 0.6 is 0 Å². The Labute approximate surface area is 122 Å². The second kappa shape index (κ2) is 6.59. The summed E-state index contributed by atoms with van der Waals surface area (Å²) in [6.07, 6.45) is 4.08. The number of hydrogen-bond donors (Lipinski definition) is 1. The molecule has 0 amide bonds. The van der Waals surface area contributed by atoms with E-state index in [9.17, 15) is 0 Å². The molecule has 20 heavy (non-hydrogen) atoms. The summed E-state index contributed by atoms with van der Waals surface area (Å²) >= 11 is 0. The van der Waals surface area contributed by atoms with Crippen molar-refractivity contribution in [2.45, 2.75) is 32.7 Å². The summed E-state index contributed by atoms with van der Waals surface area (Å²) in [4.78, 5) is 2.52. The van der Waals surface area contributed by atoms with Crippen molar-refractivity contribution in [3.05, 3.63) is 29.3 Å². The predicted octanol–water partition coefficient (Wildman–Crippen LogP) is 2.58. The number of nitrogens with one attached hydrogen (secondary N) is 1. The van der Waals surface area contributed by atoms with Crippen LogP contribution in [0, 0.1) is 12.8 Å². The Balaban J connectivity index is 1.64. The minimum absolute atomic E-state index is 0.795. The summed E-state index contributed by atoms with van der Waals surface area (Å²) in [5.74, 6) is 1.89. The molecule has 0 bridgehead atoms. The number of nitrogens with zero attached hydrogens (tertiary/aromatic N) is 1. The van der Waals surface area contributed by atoms with Gasteiger partial charge in [0.25, 0.3) is 0 Å². The molecule has 3 rings (SSSR count). The van der Waals surface area contributed by atoms with E-state index < -0.39 is 0 Å². The highest BCUT2D eigenvalue weighted by Gasteiger charge is 2.19. The van der Waals surface area contributed by atoms with E-state index >= 15 is 0 Å². The highest BCUT2D eigenvalue weighted by molar-refractivity contribution is 5.37. The zero-order valence-corrected chi connectivity index (χ0v) is 12.5. The topological polar surface area (TPSA) is 24.5 Å². The van der Waals surface area contributed by atoms with E-state index in [1.165, 1.54) is 30.4 Å². The third kappa shape index (κ3) is 3.53. The van der Waals surface area contributed by atoms with Crippen LogP contribution in [0.25, 0.3) is 0 Å². The Hall–Kier alpha value is -1.06. The van der Waals surface area contributed by atoms with Crippen molar-refractivity contribution in [3.63, 3.8) is 0 Å². The second-order valence-corrected chi connectivity index (χ2v) is 6.25. The lowest BCUT2D eigenvalue weighted by atomic mass is 9.86. The summed E-state index contributed by atoms with van der Waals surface area (Å²) in [7, 11) is 0. The Bertz CT molecular complexity index is 437. The van der Waals surface area contributed by atoms with Gasteiger partial charge in [-0.15, -0.1) is 0 Å². The molecule has 0 aromatic heterocycles. The molecule has 1 aliphatic carbocycles. The number of hydrogen-bond acceptors (Lipinski definition) is 3. The van der Waals surface area contributed by atoms with Crippen LogP contribution in [0.5, 0.6) is 5.75 Å². The fourth-order valence-electron chi connectivity index (χ4n) is 2.95. The molecule has 1 N–H and O–H groups in total. The maximum Gasteiger partial charge on any atom is 0.123 e. The number of aryl methyl sites for hydroxylation is 1. The van der Waals surface area contributed by atoms with Gasteiger partial charge in [-0.2, -0.15) is 0 Å². The zero-order chi connectivity index (χ0) is 13.8. The molecule has 1 aromatic carbocycles. The van der Waals surface area contributed by atoms with E-state index in [1.807, 2.05) is 0 Å². The molecule has 2 aliphatic rings. The molecule has 0 unspecified atom stereocenters. The molecular weight excluding hydrogens is 248 g/mol. The lowest BCUT2D eigenvalue weighted by Crippen LogP contribution is -2.42. The lowest BCUT2D eigenvalue weighted by molar-refractivity contribution is 0.175. The monoisotopic (exact) mass is 274 g/mol. The molecule has 0 atom stereocenters. The molecule has 1 saturated heterocycles. The maximum absolute atomic E-state index is 6.10. The molecule has 2 fully saturated rings. The number of piperazine rings is 1. The van der Waals surface area contributed by atoms with Crippen LogP contribution < -0.4 is 10.1 Å². The average molecular weight is 274 g/mol. The maximum atomic E-state index is 6.10. The van der Waals surface area contributed by atoms with Gasteiger partial charge in [-0.05, 0) is 31.7 Å². The summed E-state index contributed by atoms with van der Waals surface area (Å²) in [5, 5.41) is 3.41. The van der Waals surface area contributed by atoms with Crippen LogP contribution in [-0.4, -0.2) is 37.7 Å². The van der Waals surface area contributed by atoms with Crippen LogP contribution in [0.3, 0.4) is 0 Å². The molecule has 0 spiro atoms. The zero-order valence-electron chi connectivity index (χ0n) is 12.5. The fraction of sp³-hybridized carbons (Fsp3) is 0.647. The Morgan fingerprint density at radius 3 is 2.75 bits per heavy atom. The van der Waals surface area contributed by atoms with E-state index in [4.69, 9.17) is 4.74 Å². The van der Waals surface area contributed by atoms with Gasteiger partial charge >= 0.3 is 0 Å². The first-order valence-electron chi connectivity index (χ1n) is 7.96. The average Bonchev–Trinajstić information content (AvgIpc) is 2.40. The van der Waals surface area contributed by atoms with Crippen molar-refractivity contribution in [1.29, 1.82) is 0 Å². The minimum atomic E-state index is 0.795. The Morgan fingerprint density at radius 1 is 1.25 bits per heavy atom. The van der Waals surface area contributed by atoms with Crippen LogP contribution in [-0.2, 0) is 6.54 Å². The molecule has 1 aliphatic heterocycles. The van der Waals surface area contributed by atoms with Gasteiger partial charge in [-0.25, -0.2) is 0 Å². The summed E-state index contributed by atoms with van der Waals surface area (Å²) in [6.45, 7) is 8.55. The van der Waals surface area contributed by atoms with Crippen molar-refractivity contribution < 1.29 is 4.74 Å². The van der Waals surface area contributed by atoms with E-state index in [0.29, 0.717) is 0 Å². The lowest BCUT2D eigenvalue weighted by Gasteiger charge is -2.29. The van der Waals surface area contributed by atoms with Gasteiger partial charge in [0.15, 0.2) is 0 Å². The van der Waals surface area contributed by atoms with E-state index in [0.717, 1.165) is 51.0 Å². The van der Waals surface area contributed by atoms with Gasteiger partial charge in [-0.3, -0.25) is 4.90 Å². The Kier molecular flexibility index (Phi) is 4.58. The minimum Gasteiger partial charge on any atom is -0.493 e. The van der Waals surface area contributed by atoms with Gasteiger partial charge in [0.1, 0.15) is 5.75 Å². The summed E-state index contributed by atoms with van der Waals surface area (Å²) in [6, 6.07) is 6.61. The number of rotatable bonds is 5. The van der Waals surface area contributed by atoms with Gasteiger partial charge in [0.05, 0.1) is 6.61 Å². The van der Waals surface area contributed by atoms with Crippen molar-refractivity contribution in [1.82, 2.24) is 10.2 Å².